The second-order valence-electron chi connectivity index (χ2n) is 5.94. The van der Waals surface area contributed by atoms with E-state index in [0.29, 0.717) is 11.7 Å². The molecular weight excluding hydrogens is 278 g/mol. The first-order valence-electron chi connectivity index (χ1n) is 7.65. The van der Waals surface area contributed by atoms with E-state index in [0.717, 1.165) is 30.6 Å². The summed E-state index contributed by atoms with van der Waals surface area (Å²) in [5.41, 5.74) is 2.40. The predicted octanol–water partition coefficient (Wildman–Crippen LogP) is 1.45. The number of carbonyl (C=O) groups is 1. The van der Waals surface area contributed by atoms with Gasteiger partial charge >= 0.3 is 0 Å². The van der Waals surface area contributed by atoms with Crippen LogP contribution in [-0.4, -0.2) is 39.5 Å². The molecule has 1 aromatic carbocycles. The van der Waals surface area contributed by atoms with Crippen LogP contribution in [0.1, 0.15) is 35.8 Å². The molecule has 2 unspecified atom stereocenters. The third-order valence-electron chi connectivity index (χ3n) is 3.95. The van der Waals surface area contributed by atoms with Gasteiger partial charge in [-0.3, -0.25) is 4.79 Å². The highest BCUT2D eigenvalue weighted by molar-refractivity contribution is 5.92. The Kier molecular flexibility index (Phi) is 4.20. The van der Waals surface area contributed by atoms with Crippen LogP contribution in [0, 0.1) is 6.92 Å². The average molecular weight is 299 g/mol. The summed E-state index contributed by atoms with van der Waals surface area (Å²) in [4.78, 5) is 12.3. The lowest BCUT2D eigenvalue weighted by atomic mass is 10.0. The molecule has 2 atom stereocenters. The van der Waals surface area contributed by atoms with Gasteiger partial charge in [0, 0.05) is 12.1 Å². The van der Waals surface area contributed by atoms with Gasteiger partial charge in [-0.15, -0.1) is 5.10 Å². The molecule has 1 aliphatic rings. The third-order valence-corrected chi connectivity index (χ3v) is 3.95. The molecule has 2 heterocycles. The van der Waals surface area contributed by atoms with Crippen LogP contribution in [0.2, 0.25) is 0 Å². The summed E-state index contributed by atoms with van der Waals surface area (Å²) in [6.07, 6.45) is 3.56. The van der Waals surface area contributed by atoms with Crippen molar-refractivity contribution in [1.82, 2.24) is 25.6 Å². The van der Waals surface area contributed by atoms with Crippen LogP contribution >= 0.6 is 0 Å². The molecule has 0 aliphatic carbocycles. The fourth-order valence-electron chi connectivity index (χ4n) is 2.79. The van der Waals surface area contributed by atoms with Gasteiger partial charge < -0.3 is 10.6 Å². The predicted molar refractivity (Wildman–Crippen MR) is 84.0 cm³/mol. The van der Waals surface area contributed by atoms with Crippen LogP contribution in [0.4, 0.5) is 0 Å². The Bertz CT molecular complexity index is 666. The number of hydrogen-bond donors (Lipinski definition) is 2. The number of carbonyl (C=O) groups excluding carboxylic acids is 1. The number of amides is 1. The lowest BCUT2D eigenvalue weighted by Crippen LogP contribution is -2.46. The number of nitrogens with zero attached hydrogens (tertiary/aromatic N) is 3. The fraction of sp³-hybridized carbons (Fsp3) is 0.438. The van der Waals surface area contributed by atoms with E-state index < -0.39 is 0 Å². The number of rotatable bonds is 3. The normalized spacial score (nSPS) is 21.5. The molecule has 1 fully saturated rings. The van der Waals surface area contributed by atoms with Gasteiger partial charge in [-0.25, -0.2) is 4.68 Å². The van der Waals surface area contributed by atoms with Crippen molar-refractivity contribution in [3.8, 4) is 5.69 Å². The maximum atomic E-state index is 12.3. The number of hydrogen-bond acceptors (Lipinski definition) is 4. The van der Waals surface area contributed by atoms with Gasteiger partial charge in [-0.1, -0.05) is 17.3 Å². The van der Waals surface area contributed by atoms with Crippen molar-refractivity contribution in [1.29, 1.82) is 0 Å². The Labute approximate surface area is 129 Å². The maximum Gasteiger partial charge on any atom is 0.273 e. The number of aryl methyl sites for hydroxylation is 1. The minimum Gasteiger partial charge on any atom is -0.348 e. The first kappa shape index (κ1) is 14.7. The van der Waals surface area contributed by atoms with Crippen molar-refractivity contribution >= 4 is 5.91 Å². The van der Waals surface area contributed by atoms with Crippen molar-refractivity contribution in [2.75, 3.05) is 6.54 Å². The van der Waals surface area contributed by atoms with Gasteiger partial charge in [0.2, 0.25) is 0 Å². The van der Waals surface area contributed by atoms with E-state index >= 15 is 0 Å². The molecule has 2 N–H and O–H groups in total. The van der Waals surface area contributed by atoms with Gasteiger partial charge in [-0.05, 0) is 50.9 Å². The largest absolute Gasteiger partial charge is 0.348 e. The highest BCUT2D eigenvalue weighted by atomic mass is 16.2. The average Bonchev–Trinajstić information content (AvgIpc) is 2.97. The zero-order valence-corrected chi connectivity index (χ0v) is 12.9. The van der Waals surface area contributed by atoms with Gasteiger partial charge in [0.05, 0.1) is 11.9 Å². The summed E-state index contributed by atoms with van der Waals surface area (Å²) < 4.78 is 1.63. The van der Waals surface area contributed by atoms with Gasteiger partial charge in [0.1, 0.15) is 0 Å². The SMILES string of the molecule is Cc1cccc(-n2cc(C(=O)NC3CCNC(C)C3)nn2)c1. The minimum absolute atomic E-state index is 0.155. The smallest absolute Gasteiger partial charge is 0.273 e. The molecule has 0 spiro atoms. The summed E-state index contributed by atoms with van der Waals surface area (Å²) in [6.45, 7) is 5.08. The lowest BCUT2D eigenvalue weighted by molar-refractivity contribution is 0.0920. The van der Waals surface area contributed by atoms with E-state index in [1.54, 1.807) is 10.9 Å². The molecule has 1 aliphatic heterocycles. The molecule has 22 heavy (non-hydrogen) atoms. The number of piperidine rings is 1. The van der Waals surface area contributed by atoms with Crippen molar-refractivity contribution < 1.29 is 4.79 Å². The van der Waals surface area contributed by atoms with E-state index in [1.165, 1.54) is 0 Å². The van der Waals surface area contributed by atoms with E-state index in [4.69, 9.17) is 0 Å². The number of benzene rings is 1. The molecule has 6 heteroatoms. The summed E-state index contributed by atoms with van der Waals surface area (Å²) >= 11 is 0. The Balaban J connectivity index is 1.69. The maximum absolute atomic E-state index is 12.3. The Morgan fingerprint density at radius 3 is 3.09 bits per heavy atom. The van der Waals surface area contributed by atoms with Crippen LogP contribution in [0.3, 0.4) is 0 Å². The molecule has 3 rings (SSSR count). The van der Waals surface area contributed by atoms with Crippen molar-refractivity contribution in [2.24, 2.45) is 0 Å². The van der Waals surface area contributed by atoms with E-state index in [-0.39, 0.29) is 11.9 Å². The van der Waals surface area contributed by atoms with E-state index in [9.17, 15) is 4.79 Å². The highest BCUT2D eigenvalue weighted by Gasteiger charge is 2.21. The number of nitrogens with one attached hydrogen (secondary N) is 2. The standard InChI is InChI=1S/C16H21N5O/c1-11-4-3-5-14(8-11)21-10-15(19-20-21)16(22)18-13-6-7-17-12(2)9-13/h3-5,8,10,12-13,17H,6-7,9H2,1-2H3,(H,18,22). The Morgan fingerprint density at radius 1 is 1.45 bits per heavy atom. The van der Waals surface area contributed by atoms with Gasteiger partial charge in [0.25, 0.3) is 5.91 Å². The van der Waals surface area contributed by atoms with Crippen molar-refractivity contribution in [2.45, 2.75) is 38.8 Å². The molecule has 0 radical (unpaired) electrons. The second-order valence-corrected chi connectivity index (χ2v) is 5.94. The molecule has 0 saturated carbocycles. The third kappa shape index (κ3) is 3.33. The lowest BCUT2D eigenvalue weighted by Gasteiger charge is -2.28. The van der Waals surface area contributed by atoms with Crippen LogP contribution in [0.15, 0.2) is 30.5 Å². The fourth-order valence-corrected chi connectivity index (χ4v) is 2.79. The van der Waals surface area contributed by atoms with E-state index in [2.05, 4.69) is 27.9 Å². The zero-order chi connectivity index (χ0) is 15.5. The Hall–Kier alpha value is -2.21. The topological polar surface area (TPSA) is 71.8 Å². The summed E-state index contributed by atoms with van der Waals surface area (Å²) in [5.74, 6) is -0.155. The zero-order valence-electron chi connectivity index (χ0n) is 12.9. The molecule has 1 aromatic heterocycles. The monoisotopic (exact) mass is 299 g/mol. The summed E-state index contributed by atoms with van der Waals surface area (Å²) in [6, 6.07) is 8.56. The molecule has 2 aromatic rings. The first-order valence-corrected chi connectivity index (χ1v) is 7.65. The molecule has 6 nitrogen and oxygen atoms in total. The van der Waals surface area contributed by atoms with Crippen LogP contribution in [-0.2, 0) is 0 Å². The van der Waals surface area contributed by atoms with Crippen molar-refractivity contribution in [3.05, 3.63) is 41.7 Å². The molecule has 1 saturated heterocycles. The highest BCUT2D eigenvalue weighted by Crippen LogP contribution is 2.11. The first-order chi connectivity index (χ1) is 10.6. The van der Waals surface area contributed by atoms with Crippen LogP contribution in [0.25, 0.3) is 5.69 Å². The molecule has 0 bridgehead atoms. The number of aromatic nitrogens is 3. The molecular formula is C16H21N5O. The van der Waals surface area contributed by atoms with E-state index in [1.807, 2.05) is 31.2 Å². The quantitative estimate of drug-likeness (QED) is 0.900. The van der Waals surface area contributed by atoms with Crippen LogP contribution < -0.4 is 10.6 Å². The summed E-state index contributed by atoms with van der Waals surface area (Å²) in [7, 11) is 0. The second kappa shape index (κ2) is 6.27. The van der Waals surface area contributed by atoms with Gasteiger partial charge in [-0.2, -0.15) is 0 Å². The van der Waals surface area contributed by atoms with Gasteiger partial charge in [0.15, 0.2) is 5.69 Å². The molecule has 116 valence electrons. The Morgan fingerprint density at radius 2 is 2.32 bits per heavy atom. The van der Waals surface area contributed by atoms with Crippen LogP contribution in [0.5, 0.6) is 0 Å². The summed E-state index contributed by atoms with van der Waals surface area (Å²) in [5, 5.41) is 14.5. The molecule has 1 amide bonds. The van der Waals surface area contributed by atoms with Crippen molar-refractivity contribution in [3.63, 3.8) is 0 Å². The minimum atomic E-state index is -0.155.